The molecule has 0 aliphatic heterocycles. The van der Waals surface area contributed by atoms with Gasteiger partial charge in [-0.2, -0.15) is 5.26 Å². The molecule has 1 saturated carbocycles. The average Bonchev–Trinajstić information content (AvgIpc) is 2.54. The minimum Gasteiger partial charge on any atom is -0.352 e. The highest BCUT2D eigenvalue weighted by Crippen LogP contribution is 2.27. The molecule has 0 radical (unpaired) electrons. The van der Waals surface area contributed by atoms with Gasteiger partial charge < -0.3 is 10.6 Å². The molecule has 0 bridgehead atoms. The summed E-state index contributed by atoms with van der Waals surface area (Å²) in [6, 6.07) is 9.35. The van der Waals surface area contributed by atoms with Crippen molar-refractivity contribution in [1.29, 1.82) is 5.26 Å². The highest BCUT2D eigenvalue weighted by Gasteiger charge is 2.33. The molecular weight excluding hydrogens is 278 g/mol. The maximum atomic E-state index is 12.3. The Morgan fingerprint density at radius 2 is 1.82 bits per heavy atom. The second-order valence-electron chi connectivity index (χ2n) is 5.82. The number of benzene rings is 1. The second-order valence-corrected chi connectivity index (χ2v) is 5.82. The van der Waals surface area contributed by atoms with E-state index in [1.807, 2.05) is 12.1 Å². The Labute approximate surface area is 130 Å². The molecule has 0 saturated heterocycles. The molecule has 1 aliphatic carbocycles. The number of nitrogens with one attached hydrogen (secondary N) is 2. The minimum absolute atomic E-state index is 0.0879. The van der Waals surface area contributed by atoms with Gasteiger partial charge in [0.1, 0.15) is 5.54 Å². The lowest BCUT2D eigenvalue weighted by Crippen LogP contribution is -2.48. The first-order chi connectivity index (χ1) is 10.5. The highest BCUT2D eigenvalue weighted by molar-refractivity contribution is 5.95. The Morgan fingerprint density at radius 1 is 1.18 bits per heavy atom. The van der Waals surface area contributed by atoms with Gasteiger partial charge in [-0.15, -0.1) is 0 Å². The molecule has 5 nitrogen and oxygen atoms in total. The van der Waals surface area contributed by atoms with Crippen molar-refractivity contribution in [3.8, 4) is 6.07 Å². The zero-order valence-corrected chi connectivity index (χ0v) is 12.8. The van der Waals surface area contributed by atoms with Gasteiger partial charge in [-0.1, -0.05) is 31.4 Å². The number of nitrogens with zero attached hydrogens (tertiary/aromatic N) is 1. The van der Waals surface area contributed by atoms with Crippen molar-refractivity contribution >= 4 is 11.8 Å². The molecule has 22 heavy (non-hydrogen) atoms. The van der Waals surface area contributed by atoms with E-state index >= 15 is 0 Å². The Bertz CT molecular complexity index is 581. The Morgan fingerprint density at radius 3 is 2.36 bits per heavy atom. The SMILES string of the molecule is CC(=O)NCc1ccc(C(=O)NC2(C#N)CCCCC2)cc1. The number of hydrogen-bond acceptors (Lipinski definition) is 3. The fraction of sp³-hybridized carbons (Fsp3) is 0.471. The van der Waals surface area contributed by atoms with E-state index in [1.54, 1.807) is 12.1 Å². The predicted molar refractivity (Wildman–Crippen MR) is 82.9 cm³/mol. The van der Waals surface area contributed by atoms with E-state index in [0.717, 1.165) is 37.7 Å². The minimum atomic E-state index is -0.718. The van der Waals surface area contributed by atoms with Gasteiger partial charge in [-0.25, -0.2) is 0 Å². The molecule has 0 unspecified atom stereocenters. The number of carbonyl (C=O) groups is 2. The quantitative estimate of drug-likeness (QED) is 0.894. The first-order valence-electron chi connectivity index (χ1n) is 7.62. The molecule has 2 amide bonds. The maximum Gasteiger partial charge on any atom is 0.252 e. The van der Waals surface area contributed by atoms with Gasteiger partial charge in [0.25, 0.3) is 5.91 Å². The fourth-order valence-corrected chi connectivity index (χ4v) is 2.71. The van der Waals surface area contributed by atoms with Crippen molar-refractivity contribution in [3.63, 3.8) is 0 Å². The largest absolute Gasteiger partial charge is 0.352 e. The molecule has 116 valence electrons. The molecule has 0 aromatic heterocycles. The van der Waals surface area contributed by atoms with Crippen molar-refractivity contribution < 1.29 is 9.59 Å². The van der Waals surface area contributed by atoms with Crippen molar-refractivity contribution in [1.82, 2.24) is 10.6 Å². The van der Waals surface area contributed by atoms with Crippen molar-refractivity contribution in [2.45, 2.75) is 51.1 Å². The summed E-state index contributed by atoms with van der Waals surface area (Å²) < 4.78 is 0. The van der Waals surface area contributed by atoms with E-state index in [9.17, 15) is 14.9 Å². The Balaban J connectivity index is 2.00. The molecule has 0 atom stereocenters. The van der Waals surface area contributed by atoms with Gasteiger partial charge in [0, 0.05) is 19.0 Å². The monoisotopic (exact) mass is 299 g/mol. The first kappa shape index (κ1) is 16.0. The maximum absolute atomic E-state index is 12.3. The highest BCUT2D eigenvalue weighted by atomic mass is 16.2. The summed E-state index contributed by atoms with van der Waals surface area (Å²) in [6.45, 7) is 1.91. The number of rotatable bonds is 4. The van der Waals surface area contributed by atoms with Crippen LogP contribution in [0.4, 0.5) is 0 Å². The second kappa shape index (κ2) is 7.08. The summed E-state index contributed by atoms with van der Waals surface area (Å²) in [6.07, 6.45) is 4.51. The van der Waals surface area contributed by atoms with Crippen LogP contribution in [0.5, 0.6) is 0 Å². The Hall–Kier alpha value is -2.35. The molecule has 1 aliphatic rings. The van der Waals surface area contributed by atoms with Gasteiger partial charge in [-0.3, -0.25) is 9.59 Å². The van der Waals surface area contributed by atoms with Crippen molar-refractivity contribution in [2.75, 3.05) is 0 Å². The van der Waals surface area contributed by atoms with Gasteiger partial charge in [0.2, 0.25) is 5.91 Å². The molecule has 2 rings (SSSR count). The van der Waals surface area contributed by atoms with E-state index in [0.29, 0.717) is 12.1 Å². The molecular formula is C17H21N3O2. The lowest BCUT2D eigenvalue weighted by Gasteiger charge is -2.31. The van der Waals surface area contributed by atoms with Crippen LogP contribution in [0.3, 0.4) is 0 Å². The van der Waals surface area contributed by atoms with E-state index in [1.165, 1.54) is 6.92 Å². The summed E-state index contributed by atoms with van der Waals surface area (Å²) in [5.74, 6) is -0.301. The number of hydrogen-bond donors (Lipinski definition) is 2. The smallest absolute Gasteiger partial charge is 0.252 e. The molecule has 0 heterocycles. The van der Waals surface area contributed by atoms with Gasteiger partial charge in [0.15, 0.2) is 0 Å². The predicted octanol–water partition coefficient (Wildman–Crippen LogP) is 2.28. The fourth-order valence-electron chi connectivity index (χ4n) is 2.71. The van der Waals surface area contributed by atoms with Crippen molar-refractivity contribution in [2.24, 2.45) is 0 Å². The third-order valence-electron chi connectivity index (χ3n) is 4.03. The van der Waals surface area contributed by atoms with Crippen LogP contribution in [0.15, 0.2) is 24.3 Å². The Kier molecular flexibility index (Phi) is 5.16. The van der Waals surface area contributed by atoms with Crippen molar-refractivity contribution in [3.05, 3.63) is 35.4 Å². The summed E-state index contributed by atoms with van der Waals surface area (Å²) in [5.41, 5.74) is 0.746. The number of carbonyl (C=O) groups excluding carboxylic acids is 2. The van der Waals surface area contributed by atoms with Crippen LogP contribution >= 0.6 is 0 Å². The lowest BCUT2D eigenvalue weighted by molar-refractivity contribution is -0.119. The van der Waals surface area contributed by atoms with Crippen LogP contribution in [0, 0.1) is 11.3 Å². The standard InChI is InChI=1S/C17H21N3O2/c1-13(21)19-11-14-5-7-15(8-6-14)16(22)20-17(12-18)9-3-2-4-10-17/h5-8H,2-4,9-11H2,1H3,(H,19,21)(H,20,22). The molecule has 1 fully saturated rings. The van der Waals surface area contributed by atoms with E-state index in [-0.39, 0.29) is 11.8 Å². The van der Waals surface area contributed by atoms with E-state index in [4.69, 9.17) is 0 Å². The van der Waals surface area contributed by atoms with Crippen LogP contribution in [0.2, 0.25) is 0 Å². The van der Waals surface area contributed by atoms with Crippen LogP contribution in [-0.2, 0) is 11.3 Å². The van der Waals surface area contributed by atoms with Gasteiger partial charge >= 0.3 is 0 Å². The molecule has 1 aromatic carbocycles. The number of nitriles is 1. The lowest BCUT2D eigenvalue weighted by atomic mass is 9.82. The van der Waals surface area contributed by atoms with Gasteiger partial charge in [-0.05, 0) is 30.5 Å². The molecule has 5 heteroatoms. The third-order valence-corrected chi connectivity index (χ3v) is 4.03. The van der Waals surface area contributed by atoms with Crippen LogP contribution in [0.1, 0.15) is 54.9 Å². The zero-order chi connectivity index (χ0) is 16.0. The zero-order valence-electron chi connectivity index (χ0n) is 12.8. The summed E-state index contributed by atoms with van der Waals surface area (Å²) in [7, 11) is 0. The molecule has 1 aromatic rings. The molecule has 0 spiro atoms. The summed E-state index contributed by atoms with van der Waals surface area (Å²) >= 11 is 0. The molecule has 2 N–H and O–H groups in total. The number of amides is 2. The van der Waals surface area contributed by atoms with Crippen LogP contribution in [-0.4, -0.2) is 17.4 Å². The van der Waals surface area contributed by atoms with E-state index in [2.05, 4.69) is 16.7 Å². The third kappa shape index (κ3) is 4.08. The first-order valence-corrected chi connectivity index (χ1v) is 7.62. The topological polar surface area (TPSA) is 82.0 Å². The average molecular weight is 299 g/mol. The van der Waals surface area contributed by atoms with Crippen LogP contribution in [0.25, 0.3) is 0 Å². The van der Waals surface area contributed by atoms with E-state index < -0.39 is 5.54 Å². The summed E-state index contributed by atoms with van der Waals surface area (Å²) in [4.78, 5) is 23.2. The normalized spacial score (nSPS) is 16.4. The van der Waals surface area contributed by atoms with Crippen LogP contribution < -0.4 is 10.6 Å². The van der Waals surface area contributed by atoms with Gasteiger partial charge in [0.05, 0.1) is 6.07 Å². The summed E-state index contributed by atoms with van der Waals surface area (Å²) in [5, 5.41) is 15.0.